The SMILES string of the molecule is O=C(Nc1ccc(C(F)(F)F)c(Cl)c1)c1cc(Br)ccc1O. The van der Waals surface area contributed by atoms with Crippen molar-refractivity contribution in [2.75, 3.05) is 5.32 Å². The first-order chi connectivity index (χ1) is 10.2. The van der Waals surface area contributed by atoms with E-state index in [0.717, 1.165) is 18.2 Å². The van der Waals surface area contributed by atoms with Crippen LogP contribution in [-0.2, 0) is 6.18 Å². The Kier molecular flexibility index (Phi) is 4.67. The molecule has 0 aliphatic heterocycles. The molecule has 0 saturated carbocycles. The highest BCUT2D eigenvalue weighted by molar-refractivity contribution is 9.10. The Morgan fingerprint density at radius 2 is 1.86 bits per heavy atom. The van der Waals surface area contributed by atoms with Gasteiger partial charge < -0.3 is 10.4 Å². The summed E-state index contributed by atoms with van der Waals surface area (Å²) in [4.78, 5) is 12.0. The molecule has 0 radical (unpaired) electrons. The highest BCUT2D eigenvalue weighted by Gasteiger charge is 2.33. The maximum atomic E-state index is 12.6. The number of halogens is 5. The third kappa shape index (κ3) is 3.72. The van der Waals surface area contributed by atoms with Gasteiger partial charge in [-0.15, -0.1) is 0 Å². The molecule has 22 heavy (non-hydrogen) atoms. The van der Waals surface area contributed by atoms with Crippen LogP contribution in [0.2, 0.25) is 5.02 Å². The molecule has 0 aliphatic carbocycles. The largest absolute Gasteiger partial charge is 0.507 e. The van der Waals surface area contributed by atoms with Crippen LogP contribution in [0.25, 0.3) is 0 Å². The number of phenolic OH excluding ortho intramolecular Hbond substituents is 1. The first kappa shape index (κ1) is 16.6. The lowest BCUT2D eigenvalue weighted by molar-refractivity contribution is -0.137. The molecule has 0 fully saturated rings. The van der Waals surface area contributed by atoms with E-state index in [4.69, 9.17) is 11.6 Å². The number of carbonyl (C=O) groups excluding carboxylic acids is 1. The van der Waals surface area contributed by atoms with E-state index in [1.807, 2.05) is 0 Å². The molecule has 1 amide bonds. The van der Waals surface area contributed by atoms with Crippen LogP contribution in [0.1, 0.15) is 15.9 Å². The van der Waals surface area contributed by atoms with Gasteiger partial charge in [0.2, 0.25) is 0 Å². The molecule has 0 atom stereocenters. The molecule has 2 N–H and O–H groups in total. The summed E-state index contributed by atoms with van der Waals surface area (Å²) >= 11 is 8.73. The molecular weight excluding hydrogens is 387 g/mol. The maximum absolute atomic E-state index is 12.6. The van der Waals surface area contributed by atoms with Gasteiger partial charge in [-0.3, -0.25) is 4.79 Å². The summed E-state index contributed by atoms with van der Waals surface area (Å²) in [7, 11) is 0. The van der Waals surface area contributed by atoms with Gasteiger partial charge in [-0.25, -0.2) is 0 Å². The molecule has 0 aliphatic rings. The minimum Gasteiger partial charge on any atom is -0.507 e. The Balaban J connectivity index is 2.26. The summed E-state index contributed by atoms with van der Waals surface area (Å²) in [6.45, 7) is 0. The lowest BCUT2D eigenvalue weighted by Gasteiger charge is -2.11. The van der Waals surface area contributed by atoms with Crippen LogP contribution in [0.4, 0.5) is 18.9 Å². The number of hydrogen-bond acceptors (Lipinski definition) is 2. The topological polar surface area (TPSA) is 49.3 Å². The Labute approximate surface area is 136 Å². The van der Waals surface area contributed by atoms with Gasteiger partial charge in [0.1, 0.15) is 5.75 Å². The number of carbonyl (C=O) groups is 1. The lowest BCUT2D eigenvalue weighted by atomic mass is 10.1. The number of hydrogen-bond donors (Lipinski definition) is 2. The van der Waals surface area contributed by atoms with E-state index in [2.05, 4.69) is 21.2 Å². The molecule has 0 saturated heterocycles. The molecule has 2 rings (SSSR count). The standard InChI is InChI=1S/C14H8BrClF3NO2/c15-7-1-4-12(21)9(5-7)13(22)20-8-2-3-10(11(16)6-8)14(17,18)19/h1-6,21H,(H,20,22). The Morgan fingerprint density at radius 3 is 2.45 bits per heavy atom. The molecule has 8 heteroatoms. The minimum atomic E-state index is -4.57. The molecule has 2 aromatic carbocycles. The van der Waals surface area contributed by atoms with E-state index in [1.54, 1.807) is 6.07 Å². The van der Waals surface area contributed by atoms with Crippen molar-refractivity contribution in [1.82, 2.24) is 0 Å². The summed E-state index contributed by atoms with van der Waals surface area (Å²) in [5.74, 6) is -0.923. The number of aromatic hydroxyl groups is 1. The van der Waals surface area contributed by atoms with Gasteiger partial charge in [-0.1, -0.05) is 27.5 Å². The zero-order valence-electron chi connectivity index (χ0n) is 10.7. The van der Waals surface area contributed by atoms with Crippen molar-refractivity contribution in [3.63, 3.8) is 0 Å². The average Bonchev–Trinajstić information content (AvgIpc) is 2.40. The van der Waals surface area contributed by atoms with Gasteiger partial charge in [0.05, 0.1) is 16.1 Å². The number of rotatable bonds is 2. The number of benzene rings is 2. The number of nitrogens with one attached hydrogen (secondary N) is 1. The van der Waals surface area contributed by atoms with Gasteiger partial charge in [-0.2, -0.15) is 13.2 Å². The first-order valence-corrected chi connectivity index (χ1v) is 7.02. The second-order valence-electron chi connectivity index (χ2n) is 4.31. The fraction of sp³-hybridized carbons (Fsp3) is 0.0714. The molecule has 0 bridgehead atoms. The predicted octanol–water partition coefficient (Wildman–Crippen LogP) is 5.08. The van der Waals surface area contributed by atoms with Crippen molar-refractivity contribution in [1.29, 1.82) is 0 Å². The van der Waals surface area contributed by atoms with Crippen molar-refractivity contribution in [3.8, 4) is 5.75 Å². The molecule has 2 aromatic rings. The van der Waals surface area contributed by atoms with Gasteiger partial charge >= 0.3 is 6.18 Å². The minimum absolute atomic E-state index is 0.0228. The zero-order chi connectivity index (χ0) is 16.5. The number of alkyl halides is 3. The van der Waals surface area contributed by atoms with Crippen molar-refractivity contribution in [3.05, 3.63) is 57.0 Å². The first-order valence-electron chi connectivity index (χ1n) is 5.85. The molecule has 116 valence electrons. The van der Waals surface area contributed by atoms with Crippen molar-refractivity contribution < 1.29 is 23.1 Å². The van der Waals surface area contributed by atoms with E-state index in [1.165, 1.54) is 12.1 Å². The van der Waals surface area contributed by atoms with E-state index >= 15 is 0 Å². The number of anilines is 1. The Morgan fingerprint density at radius 1 is 1.18 bits per heavy atom. The van der Waals surface area contributed by atoms with Crippen LogP contribution < -0.4 is 5.32 Å². The monoisotopic (exact) mass is 393 g/mol. The molecule has 0 heterocycles. The normalized spacial score (nSPS) is 11.3. The van der Waals surface area contributed by atoms with Crippen LogP contribution in [-0.4, -0.2) is 11.0 Å². The van der Waals surface area contributed by atoms with E-state index < -0.39 is 22.7 Å². The fourth-order valence-corrected chi connectivity index (χ4v) is 2.36. The molecule has 0 spiro atoms. The number of amides is 1. The summed E-state index contributed by atoms with van der Waals surface area (Å²) < 4.78 is 38.4. The molecule has 0 aromatic heterocycles. The van der Waals surface area contributed by atoms with Crippen molar-refractivity contribution >= 4 is 39.1 Å². The lowest BCUT2D eigenvalue weighted by Crippen LogP contribution is -2.13. The Bertz CT molecular complexity index is 735. The quantitative estimate of drug-likeness (QED) is 0.746. The van der Waals surface area contributed by atoms with Crippen LogP contribution in [0.5, 0.6) is 5.75 Å². The van der Waals surface area contributed by atoms with Crippen LogP contribution in [0.15, 0.2) is 40.9 Å². The van der Waals surface area contributed by atoms with Gasteiger partial charge in [0, 0.05) is 10.2 Å². The summed E-state index contributed by atoms with van der Waals surface area (Å²) in [5.41, 5.74) is -0.926. The van der Waals surface area contributed by atoms with Crippen LogP contribution in [0, 0.1) is 0 Å². The van der Waals surface area contributed by atoms with Gasteiger partial charge in [0.15, 0.2) is 0 Å². The fourth-order valence-electron chi connectivity index (χ4n) is 1.71. The summed E-state index contributed by atoms with van der Waals surface area (Å²) in [6, 6.07) is 7.11. The van der Waals surface area contributed by atoms with Crippen molar-refractivity contribution in [2.45, 2.75) is 6.18 Å². The smallest absolute Gasteiger partial charge is 0.417 e. The van der Waals surface area contributed by atoms with Crippen LogP contribution in [0.3, 0.4) is 0 Å². The highest BCUT2D eigenvalue weighted by Crippen LogP contribution is 2.36. The third-order valence-corrected chi connectivity index (χ3v) is 3.54. The maximum Gasteiger partial charge on any atom is 0.417 e. The highest BCUT2D eigenvalue weighted by atomic mass is 79.9. The van der Waals surface area contributed by atoms with Crippen molar-refractivity contribution in [2.24, 2.45) is 0 Å². The summed E-state index contributed by atoms with van der Waals surface area (Å²) in [5, 5.41) is 11.5. The third-order valence-electron chi connectivity index (χ3n) is 2.74. The molecule has 0 unspecified atom stereocenters. The Hall–Kier alpha value is -1.73. The van der Waals surface area contributed by atoms with E-state index in [0.29, 0.717) is 4.47 Å². The second kappa shape index (κ2) is 6.18. The van der Waals surface area contributed by atoms with E-state index in [-0.39, 0.29) is 17.0 Å². The second-order valence-corrected chi connectivity index (χ2v) is 5.63. The van der Waals surface area contributed by atoms with Gasteiger partial charge in [0.25, 0.3) is 5.91 Å². The summed E-state index contributed by atoms with van der Waals surface area (Å²) in [6.07, 6.45) is -4.57. The van der Waals surface area contributed by atoms with Gasteiger partial charge in [-0.05, 0) is 36.4 Å². The molecular formula is C14H8BrClF3NO2. The number of phenols is 1. The molecule has 3 nitrogen and oxygen atoms in total. The van der Waals surface area contributed by atoms with Crippen LogP contribution >= 0.6 is 27.5 Å². The predicted molar refractivity (Wildman–Crippen MR) is 80.2 cm³/mol. The van der Waals surface area contributed by atoms with E-state index in [9.17, 15) is 23.1 Å². The average molecular weight is 395 g/mol. The zero-order valence-corrected chi connectivity index (χ0v) is 13.1.